The first kappa shape index (κ1) is 13.1. The van der Waals surface area contributed by atoms with Gasteiger partial charge in [0, 0.05) is 11.6 Å². The van der Waals surface area contributed by atoms with Gasteiger partial charge in [0.2, 0.25) is 0 Å². The Morgan fingerprint density at radius 2 is 2.11 bits per heavy atom. The maximum Gasteiger partial charge on any atom is 0.178 e. The second-order valence-electron chi connectivity index (χ2n) is 4.13. The predicted molar refractivity (Wildman–Crippen MR) is 83.1 cm³/mol. The first-order valence-corrected chi connectivity index (χ1v) is 7.61. The Balaban J connectivity index is 2.26. The summed E-state index contributed by atoms with van der Waals surface area (Å²) in [7, 11) is 0. The van der Waals surface area contributed by atoms with Gasteiger partial charge in [0.15, 0.2) is 4.77 Å². The number of rotatable bonds is 2. The van der Waals surface area contributed by atoms with Gasteiger partial charge in [0.25, 0.3) is 0 Å². The molecule has 3 rings (SSSR count). The lowest BCUT2D eigenvalue weighted by Crippen LogP contribution is -2.06. The van der Waals surface area contributed by atoms with Gasteiger partial charge in [-0.15, -0.1) is 11.3 Å². The lowest BCUT2D eigenvalue weighted by molar-refractivity contribution is 0.645. The van der Waals surface area contributed by atoms with Crippen LogP contribution in [0.25, 0.3) is 11.0 Å². The van der Waals surface area contributed by atoms with E-state index >= 15 is 0 Å². The molecular weight excluding hydrogens is 321 g/mol. The standard InChI is InChI=1S/C12H9Cl2N3S2/c1-6(11-15-2-3-19-11)17-10-5-8(14)7(13)4-9(10)16-12(17)18/h2-6H,1H3,(H,16,18). The van der Waals surface area contributed by atoms with Crippen molar-refractivity contribution < 1.29 is 0 Å². The number of nitrogens with one attached hydrogen (secondary N) is 1. The molecule has 7 heteroatoms. The van der Waals surface area contributed by atoms with Crippen LogP contribution in [0.15, 0.2) is 23.7 Å². The van der Waals surface area contributed by atoms with E-state index in [4.69, 9.17) is 35.4 Å². The number of H-pyrrole nitrogens is 1. The molecule has 3 aromatic rings. The Labute approximate surface area is 128 Å². The van der Waals surface area contributed by atoms with Crippen molar-refractivity contribution in [3.63, 3.8) is 0 Å². The molecule has 0 aliphatic heterocycles. The Bertz CT molecular complexity index is 789. The second kappa shape index (κ2) is 4.90. The van der Waals surface area contributed by atoms with E-state index in [9.17, 15) is 0 Å². The number of nitrogens with zero attached hydrogens (tertiary/aromatic N) is 2. The average Bonchev–Trinajstić information content (AvgIpc) is 2.97. The van der Waals surface area contributed by atoms with Gasteiger partial charge < -0.3 is 9.55 Å². The second-order valence-corrected chi connectivity index (χ2v) is 6.26. The van der Waals surface area contributed by atoms with Crippen molar-refractivity contribution in [3.05, 3.63) is 43.5 Å². The highest BCUT2D eigenvalue weighted by molar-refractivity contribution is 7.71. The normalized spacial score (nSPS) is 13.0. The minimum Gasteiger partial charge on any atom is -0.331 e. The SMILES string of the molecule is CC(c1nccs1)n1c(=S)[nH]c2cc(Cl)c(Cl)cc21. The summed E-state index contributed by atoms with van der Waals surface area (Å²) in [6.07, 6.45) is 1.79. The molecule has 0 saturated heterocycles. The van der Waals surface area contributed by atoms with Gasteiger partial charge in [0.05, 0.1) is 27.1 Å². The smallest absolute Gasteiger partial charge is 0.178 e. The number of thiazole rings is 1. The number of aromatic nitrogens is 3. The molecule has 1 aromatic carbocycles. The summed E-state index contributed by atoms with van der Waals surface area (Å²) in [5, 5.41) is 3.99. The van der Waals surface area contributed by atoms with E-state index in [0.717, 1.165) is 16.0 Å². The van der Waals surface area contributed by atoms with Crippen molar-refractivity contribution in [2.75, 3.05) is 0 Å². The Morgan fingerprint density at radius 3 is 2.79 bits per heavy atom. The fourth-order valence-electron chi connectivity index (χ4n) is 2.06. The van der Waals surface area contributed by atoms with Crippen molar-refractivity contribution in [2.24, 2.45) is 0 Å². The molecule has 0 saturated carbocycles. The van der Waals surface area contributed by atoms with Crippen LogP contribution in [0.4, 0.5) is 0 Å². The highest BCUT2D eigenvalue weighted by Gasteiger charge is 2.16. The Kier molecular flexibility index (Phi) is 3.39. The van der Waals surface area contributed by atoms with Crippen LogP contribution in [0.1, 0.15) is 18.0 Å². The molecule has 1 atom stereocenters. The molecule has 0 fully saturated rings. The molecule has 0 aliphatic carbocycles. The number of halogens is 2. The van der Waals surface area contributed by atoms with Gasteiger partial charge in [-0.1, -0.05) is 23.2 Å². The number of fused-ring (bicyclic) bond motifs is 1. The van der Waals surface area contributed by atoms with Crippen LogP contribution in [0.5, 0.6) is 0 Å². The van der Waals surface area contributed by atoms with Crippen LogP contribution in [0.3, 0.4) is 0 Å². The molecular formula is C12H9Cl2N3S2. The summed E-state index contributed by atoms with van der Waals surface area (Å²) in [6, 6.07) is 3.67. The molecule has 98 valence electrons. The molecule has 0 spiro atoms. The molecule has 0 aliphatic rings. The van der Waals surface area contributed by atoms with Crippen molar-refractivity contribution in [1.82, 2.24) is 14.5 Å². The first-order chi connectivity index (χ1) is 9.08. The zero-order chi connectivity index (χ0) is 13.6. The summed E-state index contributed by atoms with van der Waals surface area (Å²) >= 11 is 19.1. The van der Waals surface area contributed by atoms with Crippen LogP contribution < -0.4 is 0 Å². The number of benzene rings is 1. The Hall–Kier alpha value is -0.880. The molecule has 0 bridgehead atoms. The fraction of sp³-hybridized carbons (Fsp3) is 0.167. The maximum atomic E-state index is 6.09. The summed E-state index contributed by atoms with van der Waals surface area (Å²) in [4.78, 5) is 7.49. The van der Waals surface area contributed by atoms with Gasteiger partial charge in [-0.25, -0.2) is 4.98 Å². The molecule has 0 radical (unpaired) electrons. The molecule has 1 N–H and O–H groups in total. The largest absolute Gasteiger partial charge is 0.331 e. The van der Waals surface area contributed by atoms with E-state index in [-0.39, 0.29) is 6.04 Å². The molecule has 1 unspecified atom stereocenters. The molecule has 3 nitrogen and oxygen atoms in total. The maximum absolute atomic E-state index is 6.09. The van der Waals surface area contributed by atoms with Gasteiger partial charge in [-0.05, 0) is 31.3 Å². The average molecular weight is 330 g/mol. The van der Waals surface area contributed by atoms with Crippen molar-refractivity contribution in [3.8, 4) is 0 Å². The summed E-state index contributed by atoms with van der Waals surface area (Å²) in [6.45, 7) is 2.06. The predicted octanol–water partition coefficient (Wildman–Crippen LogP) is 5.07. The third kappa shape index (κ3) is 2.21. The van der Waals surface area contributed by atoms with Crippen LogP contribution in [-0.2, 0) is 0 Å². The third-order valence-corrected chi connectivity index (χ3v) is 4.92. The fourth-order valence-corrected chi connectivity index (χ4v) is 3.43. The number of hydrogen-bond donors (Lipinski definition) is 1. The van der Waals surface area contributed by atoms with Crippen molar-refractivity contribution >= 4 is 57.8 Å². The van der Waals surface area contributed by atoms with E-state index < -0.39 is 0 Å². The highest BCUT2D eigenvalue weighted by Crippen LogP contribution is 2.31. The van der Waals surface area contributed by atoms with E-state index in [2.05, 4.69) is 16.9 Å². The van der Waals surface area contributed by atoms with Gasteiger partial charge in [-0.2, -0.15) is 0 Å². The highest BCUT2D eigenvalue weighted by atomic mass is 35.5. The minimum atomic E-state index is 0.0542. The zero-order valence-corrected chi connectivity index (χ0v) is 13.0. The van der Waals surface area contributed by atoms with Crippen LogP contribution in [0.2, 0.25) is 10.0 Å². The quantitative estimate of drug-likeness (QED) is 0.666. The van der Waals surface area contributed by atoms with Gasteiger partial charge >= 0.3 is 0 Å². The minimum absolute atomic E-state index is 0.0542. The van der Waals surface area contributed by atoms with Gasteiger partial charge in [0.1, 0.15) is 5.01 Å². The van der Waals surface area contributed by atoms with Crippen LogP contribution in [0, 0.1) is 4.77 Å². The van der Waals surface area contributed by atoms with E-state index in [1.54, 1.807) is 23.6 Å². The number of aromatic amines is 1. The Morgan fingerprint density at radius 1 is 1.37 bits per heavy atom. The lowest BCUT2D eigenvalue weighted by Gasteiger charge is -2.12. The van der Waals surface area contributed by atoms with Crippen LogP contribution >= 0.6 is 46.8 Å². The van der Waals surface area contributed by atoms with Crippen molar-refractivity contribution in [1.29, 1.82) is 0 Å². The van der Waals surface area contributed by atoms with E-state index in [0.29, 0.717) is 14.8 Å². The summed E-state index contributed by atoms with van der Waals surface area (Å²) < 4.78 is 2.64. The molecule has 2 heterocycles. The van der Waals surface area contributed by atoms with E-state index in [1.807, 2.05) is 16.0 Å². The molecule has 0 amide bonds. The van der Waals surface area contributed by atoms with Crippen molar-refractivity contribution in [2.45, 2.75) is 13.0 Å². The topological polar surface area (TPSA) is 33.6 Å². The van der Waals surface area contributed by atoms with Crippen LogP contribution in [-0.4, -0.2) is 14.5 Å². The monoisotopic (exact) mass is 329 g/mol. The number of hydrogen-bond acceptors (Lipinski definition) is 3. The van der Waals surface area contributed by atoms with Gasteiger partial charge in [-0.3, -0.25) is 0 Å². The number of imidazole rings is 1. The van der Waals surface area contributed by atoms with E-state index in [1.165, 1.54) is 0 Å². The lowest BCUT2D eigenvalue weighted by atomic mass is 10.3. The molecule has 2 aromatic heterocycles. The zero-order valence-electron chi connectivity index (χ0n) is 9.85. The first-order valence-electron chi connectivity index (χ1n) is 5.56. The molecule has 19 heavy (non-hydrogen) atoms. The third-order valence-electron chi connectivity index (χ3n) is 2.95. The summed E-state index contributed by atoms with van der Waals surface area (Å²) in [5.41, 5.74) is 1.81. The summed E-state index contributed by atoms with van der Waals surface area (Å²) in [5.74, 6) is 0.